The number of likely N-dealkylation sites (tertiary alicyclic amines) is 1. The van der Waals surface area contributed by atoms with Gasteiger partial charge in [-0.25, -0.2) is 4.79 Å². The standard InChI is InChI=1S/C33H37F3N4O6/c1-45-28-18-46-10-8-27(28)38-25-13-24-17-40(29(41)6-5-20-3-2-4-21(11-20)30(42)43)19-32(24,14-25)31(44)39-9-7-26-22(16-39)12-23(15-37-26)33(34,35)36/h2-6,11-12,15,24-25,27-28,38H,7-10,13-14,16-19H2,1H3,(H,42,43)/b6-5+/t24-,25+,27?,28?,32-/m0/s1. The average Bonchev–Trinajstić information content (AvgIpc) is 3.57. The first kappa shape index (κ1) is 32.1. The maximum atomic E-state index is 14.5. The highest BCUT2D eigenvalue weighted by atomic mass is 19.4. The van der Waals surface area contributed by atoms with Crippen LogP contribution in [0.4, 0.5) is 13.2 Å². The lowest BCUT2D eigenvalue weighted by Crippen LogP contribution is -2.52. The highest BCUT2D eigenvalue weighted by molar-refractivity contribution is 5.94. The van der Waals surface area contributed by atoms with E-state index in [-0.39, 0.29) is 54.6 Å². The number of nitrogens with zero attached hydrogens (tertiary/aromatic N) is 3. The first-order valence-corrected chi connectivity index (χ1v) is 15.5. The van der Waals surface area contributed by atoms with Gasteiger partial charge in [0.25, 0.3) is 0 Å². The van der Waals surface area contributed by atoms with Gasteiger partial charge >= 0.3 is 12.1 Å². The zero-order valence-electron chi connectivity index (χ0n) is 25.5. The van der Waals surface area contributed by atoms with Gasteiger partial charge in [0, 0.05) is 76.4 Å². The van der Waals surface area contributed by atoms with Crippen LogP contribution in [0.15, 0.2) is 42.6 Å². The van der Waals surface area contributed by atoms with Crippen LogP contribution in [0, 0.1) is 11.3 Å². The summed E-state index contributed by atoms with van der Waals surface area (Å²) in [6, 6.07) is 7.36. The lowest BCUT2D eigenvalue weighted by Gasteiger charge is -2.37. The molecule has 4 heterocycles. The second kappa shape index (κ2) is 12.8. The lowest BCUT2D eigenvalue weighted by molar-refractivity contribution is -0.144. The van der Waals surface area contributed by atoms with Gasteiger partial charge in [0.2, 0.25) is 11.8 Å². The van der Waals surface area contributed by atoms with Crippen molar-refractivity contribution in [2.75, 3.05) is 40.0 Å². The van der Waals surface area contributed by atoms with Crippen molar-refractivity contribution < 1.29 is 42.1 Å². The van der Waals surface area contributed by atoms with Crippen LogP contribution in [-0.4, -0.2) is 95.8 Å². The molecule has 5 atom stereocenters. The van der Waals surface area contributed by atoms with E-state index in [2.05, 4.69) is 10.3 Å². The maximum Gasteiger partial charge on any atom is 0.417 e. The molecule has 2 unspecified atom stereocenters. The van der Waals surface area contributed by atoms with Crippen molar-refractivity contribution in [2.45, 2.75) is 56.6 Å². The number of nitrogens with one attached hydrogen (secondary N) is 1. The van der Waals surface area contributed by atoms with Gasteiger partial charge in [-0.3, -0.25) is 14.6 Å². The van der Waals surface area contributed by atoms with Gasteiger partial charge < -0.3 is 29.7 Å². The van der Waals surface area contributed by atoms with Crippen molar-refractivity contribution >= 4 is 23.9 Å². The topological polar surface area (TPSA) is 121 Å². The molecule has 1 aromatic carbocycles. The largest absolute Gasteiger partial charge is 0.478 e. The zero-order valence-corrected chi connectivity index (χ0v) is 25.5. The Morgan fingerprint density at radius 2 is 2.04 bits per heavy atom. The van der Waals surface area contributed by atoms with E-state index in [0.29, 0.717) is 62.4 Å². The van der Waals surface area contributed by atoms with E-state index in [9.17, 15) is 32.7 Å². The molecule has 13 heteroatoms. The third-order valence-corrected chi connectivity index (χ3v) is 9.88. The fraction of sp³-hybridized carbons (Fsp3) is 0.515. The van der Waals surface area contributed by atoms with Crippen LogP contribution in [0.25, 0.3) is 6.08 Å². The summed E-state index contributed by atoms with van der Waals surface area (Å²) in [7, 11) is 1.64. The molecule has 3 aliphatic heterocycles. The SMILES string of the molecule is COC1COCCC1N[C@@H]1C[C@H]2CN(C(=O)/C=C/c3cccc(C(=O)O)c3)C[C@@]2(C(=O)N2CCc3ncc(C(F)(F)F)cc3C2)C1. The molecule has 2 saturated heterocycles. The Bertz CT molecular complexity index is 1530. The maximum absolute atomic E-state index is 14.5. The third kappa shape index (κ3) is 6.40. The number of rotatable bonds is 7. The van der Waals surface area contributed by atoms with Crippen molar-refractivity contribution in [1.82, 2.24) is 20.1 Å². The molecule has 0 spiro atoms. The highest BCUT2D eigenvalue weighted by Crippen LogP contribution is 2.51. The van der Waals surface area contributed by atoms with E-state index in [1.54, 1.807) is 35.1 Å². The molecule has 2 aromatic rings. The molecule has 2 N–H and O–H groups in total. The van der Waals surface area contributed by atoms with Gasteiger partial charge in [0.05, 0.1) is 29.3 Å². The average molecular weight is 643 g/mol. The van der Waals surface area contributed by atoms with Crippen molar-refractivity contribution in [3.63, 3.8) is 0 Å². The van der Waals surface area contributed by atoms with Gasteiger partial charge in [-0.1, -0.05) is 12.1 Å². The van der Waals surface area contributed by atoms with Crippen molar-refractivity contribution in [2.24, 2.45) is 11.3 Å². The summed E-state index contributed by atoms with van der Waals surface area (Å²) in [5, 5.41) is 13.0. The first-order valence-electron chi connectivity index (χ1n) is 15.5. The second-order valence-electron chi connectivity index (χ2n) is 12.7. The molecule has 0 radical (unpaired) electrons. The molecule has 1 aromatic heterocycles. The molecule has 246 valence electrons. The monoisotopic (exact) mass is 642 g/mol. The molecule has 2 amide bonds. The predicted molar refractivity (Wildman–Crippen MR) is 159 cm³/mol. The Labute approximate surface area is 264 Å². The number of amides is 2. The normalized spacial score (nSPS) is 27.9. The van der Waals surface area contributed by atoms with E-state index in [0.717, 1.165) is 18.7 Å². The predicted octanol–water partition coefficient (Wildman–Crippen LogP) is 3.40. The summed E-state index contributed by atoms with van der Waals surface area (Å²) in [4.78, 5) is 46.6. The summed E-state index contributed by atoms with van der Waals surface area (Å²) in [6.07, 6.45) is 1.36. The molecule has 3 fully saturated rings. The number of ether oxygens (including phenoxy) is 2. The number of halogens is 3. The number of hydrogen-bond acceptors (Lipinski definition) is 7. The number of alkyl halides is 3. The van der Waals surface area contributed by atoms with Gasteiger partial charge in [-0.15, -0.1) is 0 Å². The summed E-state index contributed by atoms with van der Waals surface area (Å²) >= 11 is 0. The van der Waals surface area contributed by atoms with Gasteiger partial charge in [-0.05, 0) is 60.6 Å². The van der Waals surface area contributed by atoms with E-state index >= 15 is 0 Å². The van der Waals surface area contributed by atoms with Crippen molar-refractivity contribution in [3.8, 4) is 0 Å². The lowest BCUT2D eigenvalue weighted by atomic mass is 9.78. The summed E-state index contributed by atoms with van der Waals surface area (Å²) in [5.74, 6) is -1.68. The summed E-state index contributed by atoms with van der Waals surface area (Å²) < 4.78 is 51.6. The number of carbonyl (C=O) groups is 3. The van der Waals surface area contributed by atoms with Crippen LogP contribution >= 0.6 is 0 Å². The van der Waals surface area contributed by atoms with E-state index in [1.807, 2.05) is 0 Å². The molecule has 10 nitrogen and oxygen atoms in total. The van der Waals surface area contributed by atoms with Crippen LogP contribution in [0.2, 0.25) is 0 Å². The number of carboxylic acids is 1. The van der Waals surface area contributed by atoms with Gasteiger partial charge in [0.1, 0.15) is 0 Å². The first-order chi connectivity index (χ1) is 22.0. The quantitative estimate of drug-likeness (QED) is 0.441. The molecule has 0 bridgehead atoms. The second-order valence-corrected chi connectivity index (χ2v) is 12.7. The fourth-order valence-electron chi connectivity index (χ4n) is 7.55. The van der Waals surface area contributed by atoms with Crippen LogP contribution in [0.1, 0.15) is 52.0 Å². The van der Waals surface area contributed by atoms with E-state index in [4.69, 9.17) is 9.47 Å². The molecule has 4 aliphatic rings. The highest BCUT2D eigenvalue weighted by Gasteiger charge is 2.59. The van der Waals surface area contributed by atoms with Crippen LogP contribution in [0.5, 0.6) is 0 Å². The van der Waals surface area contributed by atoms with E-state index in [1.165, 1.54) is 18.2 Å². The number of benzene rings is 1. The van der Waals surface area contributed by atoms with Crippen molar-refractivity contribution in [1.29, 1.82) is 0 Å². The van der Waals surface area contributed by atoms with Crippen LogP contribution < -0.4 is 5.32 Å². The van der Waals surface area contributed by atoms with E-state index < -0.39 is 23.1 Å². The number of methoxy groups -OCH3 is 1. The molecule has 1 saturated carbocycles. The minimum absolute atomic E-state index is 0.0168. The Balaban J connectivity index is 1.23. The molecular formula is C33H37F3N4O6. The number of aromatic carboxylic acids is 1. The zero-order chi connectivity index (χ0) is 32.6. The van der Waals surface area contributed by atoms with Crippen molar-refractivity contribution in [3.05, 3.63) is 70.6 Å². The van der Waals surface area contributed by atoms with Crippen LogP contribution in [-0.2, 0) is 38.2 Å². The number of fused-ring (bicyclic) bond motifs is 2. The Morgan fingerprint density at radius 1 is 1.22 bits per heavy atom. The Kier molecular flexibility index (Phi) is 8.92. The number of aromatic nitrogens is 1. The van der Waals surface area contributed by atoms with Gasteiger partial charge in [-0.2, -0.15) is 13.2 Å². The summed E-state index contributed by atoms with van der Waals surface area (Å²) in [6.45, 7) is 1.96. The Hall–Kier alpha value is -3.81. The molecular weight excluding hydrogens is 605 g/mol. The minimum atomic E-state index is -4.54. The van der Waals surface area contributed by atoms with Gasteiger partial charge in [0.15, 0.2) is 0 Å². The molecule has 46 heavy (non-hydrogen) atoms. The number of carboxylic acid groups (broad SMARTS) is 1. The number of pyridine rings is 1. The molecule has 1 aliphatic carbocycles. The Morgan fingerprint density at radius 3 is 2.80 bits per heavy atom. The smallest absolute Gasteiger partial charge is 0.417 e. The number of hydrogen-bond donors (Lipinski definition) is 2. The third-order valence-electron chi connectivity index (χ3n) is 9.88. The summed E-state index contributed by atoms with van der Waals surface area (Å²) in [5.41, 5.74) is -0.144. The van der Waals surface area contributed by atoms with Crippen LogP contribution in [0.3, 0.4) is 0 Å². The minimum Gasteiger partial charge on any atom is -0.478 e. The number of carbonyl (C=O) groups excluding carboxylic acids is 2. The molecule has 6 rings (SSSR count). The fourth-order valence-corrected chi connectivity index (χ4v) is 7.55.